The molecule has 0 rings (SSSR count). The van der Waals surface area contributed by atoms with Crippen LogP contribution in [0.1, 0.15) is 0 Å². The zero-order chi connectivity index (χ0) is 5.58. The number of carbonyl (C=O) groups is 1. The van der Waals surface area contributed by atoms with Gasteiger partial charge in [0.2, 0.25) is 0 Å². The zero-order valence-electron chi connectivity index (χ0n) is 6.05. The predicted molar refractivity (Wildman–Crippen MR) is 51.6 cm³/mol. The summed E-state index contributed by atoms with van der Waals surface area (Å²) in [6, 6.07) is 0. The number of nitrogens with two attached hydrogens (primary N) is 2. The molecular weight excluding hydrogens is 314 g/mol. The van der Waals surface area contributed by atoms with Gasteiger partial charge < -0.3 is 41.6 Å². The predicted octanol–water partition coefficient (Wildman–Crippen LogP) is 1.87. The number of hydrogen-bond acceptors (Lipinski definition) is 5. The molecule has 0 saturated carbocycles. The van der Waals surface area contributed by atoms with Gasteiger partial charge >= 0.3 is 39.0 Å². The Hall–Kier alpha value is 0.306. The Labute approximate surface area is 85.4 Å². The van der Waals surface area contributed by atoms with Gasteiger partial charge in [0, 0.05) is 0 Å². The van der Waals surface area contributed by atoms with Crippen molar-refractivity contribution in [2.45, 2.75) is 0 Å². The summed E-state index contributed by atoms with van der Waals surface area (Å²) in [4.78, 5) is 8.78. The average molecular weight is 331 g/mol. The Morgan fingerprint density at radius 2 is 1.18 bits per heavy atom. The van der Waals surface area contributed by atoms with E-state index >= 15 is 0 Å². The smallest absolute Gasteiger partial charge is 0.693 e. The van der Waals surface area contributed by atoms with Crippen LogP contribution in [0.3, 0.4) is 0 Å². The third-order valence-electron chi connectivity index (χ3n) is 0. The molecule has 0 aliphatic heterocycles. The van der Waals surface area contributed by atoms with E-state index in [9.17, 15) is 0 Å². The molecule has 0 aliphatic carbocycles. The van der Waals surface area contributed by atoms with Crippen molar-refractivity contribution in [2.75, 3.05) is 0 Å². The molecule has 0 atom stereocenters. The van der Waals surface area contributed by atoms with Gasteiger partial charge in [0.05, 0.1) is 0 Å². The summed E-state index contributed by atoms with van der Waals surface area (Å²) < 4.78 is 0. The van der Waals surface area contributed by atoms with Crippen LogP contribution in [-0.4, -0.2) is 11.2 Å². The molecule has 0 aromatic heterocycles. The summed E-state index contributed by atoms with van der Waals surface area (Å²) in [6.45, 7) is 0. The molecule has 11 heavy (non-hydrogen) atoms. The van der Waals surface area contributed by atoms with Crippen molar-refractivity contribution in [1.82, 2.24) is 24.6 Å². The quantitative estimate of drug-likeness (QED) is 0.362. The molecule has 8 nitrogen and oxygen atoms in total. The van der Waals surface area contributed by atoms with Crippen LogP contribution in [0.15, 0.2) is 0 Å². The van der Waals surface area contributed by atoms with Gasteiger partial charge in [0.15, 0.2) is 0 Å². The number of amides is 1. The van der Waals surface area contributed by atoms with Crippen LogP contribution in [0.5, 0.6) is 0 Å². The van der Waals surface area contributed by atoms with E-state index in [1.54, 1.807) is 0 Å². The largest absolute Gasteiger partial charge is 0.693 e. The number of carboxylic acid groups (broad SMARTS) is 1. The van der Waals surface area contributed by atoms with E-state index in [0.29, 0.717) is 0 Å². The van der Waals surface area contributed by atoms with Gasteiger partial charge in [0.1, 0.15) is 0 Å². The summed E-state index contributed by atoms with van der Waals surface area (Å²) in [6.07, 6.45) is -1.33. The monoisotopic (exact) mass is 331 g/mol. The van der Waals surface area contributed by atoms with Gasteiger partial charge in [0.25, 0.3) is 0 Å². The normalized spacial score (nSPS) is 2.73. The van der Waals surface area contributed by atoms with Crippen LogP contribution in [-0.2, 0) is 12.5 Å². The molecular formula is CH17CoIN6O2. The van der Waals surface area contributed by atoms with Gasteiger partial charge in [-0.15, -0.1) is 0 Å². The minimum atomic E-state index is -1.33. The fourth-order valence-electron chi connectivity index (χ4n) is 0. The number of primary amides is 1. The van der Waals surface area contributed by atoms with Crippen LogP contribution < -0.4 is 30.3 Å². The van der Waals surface area contributed by atoms with Crippen LogP contribution in [0.25, 0.3) is 6.15 Å². The van der Waals surface area contributed by atoms with E-state index in [0.717, 1.165) is 0 Å². The fraction of sp³-hybridized carbons (Fsp3) is 0. The maximum absolute atomic E-state index is 8.78. The van der Waals surface area contributed by atoms with Crippen molar-refractivity contribution >= 4 is 26.5 Å². The van der Waals surface area contributed by atoms with E-state index in [1.807, 2.05) is 20.4 Å². The molecule has 79 valence electrons. The molecule has 0 fully saturated rings. The average Bonchev–Trinajstić information content (AvgIpc) is 1.41. The molecule has 0 spiro atoms. The molecule has 0 heterocycles. The van der Waals surface area contributed by atoms with Crippen molar-refractivity contribution < 1.29 is 22.4 Å². The Morgan fingerprint density at radius 3 is 1.18 bits per heavy atom. The number of halogens is 1. The van der Waals surface area contributed by atoms with Crippen molar-refractivity contribution in [1.29, 1.82) is 0 Å². The van der Waals surface area contributed by atoms with E-state index in [2.05, 4.69) is 18.3 Å². The van der Waals surface area contributed by atoms with Gasteiger partial charge in [-0.25, -0.2) is 4.79 Å². The van der Waals surface area contributed by atoms with Crippen molar-refractivity contribution in [3.63, 3.8) is 0 Å². The van der Waals surface area contributed by atoms with Gasteiger partial charge in [-0.3, -0.25) is 0 Å². The summed E-state index contributed by atoms with van der Waals surface area (Å²) in [5, 5.41) is 7.19. The molecule has 17 N–H and O–H groups in total. The maximum Gasteiger partial charge on any atom is -0.693 e. The molecule has 1 amide bonds. The standard InChI is InChI=1S/CH3NO2.Co.HI.4H3N.H2N/c2-1(3)4;;;;;;;/h2H2,(H,3,4);;1H;4*1H3;1H2/q;+2;;;;;;-1/p-1. The summed E-state index contributed by atoms with van der Waals surface area (Å²) >= 11 is 5.37. The fourth-order valence-corrected chi connectivity index (χ4v) is 0. The van der Waals surface area contributed by atoms with Crippen LogP contribution in [0, 0.1) is 0 Å². The second kappa shape index (κ2) is 81.6. The second-order valence-corrected chi connectivity index (χ2v) is 0.338. The minimum Gasteiger partial charge on any atom is -0.693 e. The Morgan fingerprint density at radius 1 is 1.18 bits per heavy atom. The second-order valence-electron chi connectivity index (χ2n) is 0.338. The molecule has 0 radical (unpaired) electrons. The van der Waals surface area contributed by atoms with Gasteiger partial charge in [-0.2, -0.15) is 0 Å². The first-order chi connectivity index (χ1) is 2.73. The summed E-state index contributed by atoms with van der Waals surface area (Å²) in [5.41, 5.74) is 4.03. The van der Waals surface area contributed by atoms with E-state index in [-0.39, 0.29) is 30.8 Å². The first-order valence-electron chi connectivity index (χ1n) is 0.842. The van der Waals surface area contributed by atoms with Crippen molar-refractivity contribution in [3.05, 3.63) is 6.15 Å². The first-order valence-corrected chi connectivity index (χ1v) is 4.20. The van der Waals surface area contributed by atoms with Crippen LogP contribution in [0.4, 0.5) is 4.79 Å². The van der Waals surface area contributed by atoms with Gasteiger partial charge in [-0.05, 0) is 0 Å². The SMILES string of the molecule is N.N.N.N.NC(=O)O.[Co+][I].[NH2-]. The number of rotatable bonds is 0. The third-order valence-corrected chi connectivity index (χ3v) is 0. The van der Waals surface area contributed by atoms with E-state index in [1.165, 1.54) is 0 Å². The Balaban J connectivity index is -0.00000000432. The van der Waals surface area contributed by atoms with E-state index < -0.39 is 6.09 Å². The molecule has 0 aromatic rings. The minimum absolute atomic E-state index is 0. The zero-order valence-corrected chi connectivity index (χ0v) is 9.25. The van der Waals surface area contributed by atoms with Gasteiger partial charge in [-0.1, -0.05) is 0 Å². The molecule has 0 aromatic carbocycles. The molecule has 0 saturated heterocycles. The topological polar surface area (TPSA) is 237 Å². The van der Waals surface area contributed by atoms with Crippen molar-refractivity contribution in [3.8, 4) is 0 Å². The maximum atomic E-state index is 8.78. The van der Waals surface area contributed by atoms with E-state index in [4.69, 9.17) is 9.90 Å². The number of hydrogen-bond donors (Lipinski definition) is 6. The first kappa shape index (κ1) is 64.8. The Bertz CT molecular complexity index is 43.6. The Kier molecular flexibility index (Phi) is 481. The summed E-state index contributed by atoms with van der Waals surface area (Å²) in [7, 11) is 0. The van der Waals surface area contributed by atoms with Crippen LogP contribution >= 0.6 is 20.4 Å². The van der Waals surface area contributed by atoms with Crippen LogP contribution in [0.2, 0.25) is 0 Å². The van der Waals surface area contributed by atoms with Crippen molar-refractivity contribution in [2.24, 2.45) is 5.73 Å². The molecule has 0 bridgehead atoms. The molecule has 0 aliphatic rings. The molecule has 0 unspecified atom stereocenters. The third kappa shape index (κ3) is 7570. The molecule has 10 heteroatoms. The summed E-state index contributed by atoms with van der Waals surface area (Å²) in [5.74, 6) is 0.